The fourth-order valence-corrected chi connectivity index (χ4v) is 8.06. The molecule has 3 aromatic rings. The second kappa shape index (κ2) is 12.3. The van der Waals surface area contributed by atoms with Gasteiger partial charge in [-0.05, 0) is 6.72 Å². The molecule has 1 amide bonds. The summed E-state index contributed by atoms with van der Waals surface area (Å²) in [5, 5.41) is 2.37. The summed E-state index contributed by atoms with van der Waals surface area (Å²) >= 11 is 7.95. The zero-order valence-electron chi connectivity index (χ0n) is 22.9. The molecule has 3 aliphatic heterocycles. The van der Waals surface area contributed by atoms with Gasteiger partial charge in [0.15, 0.2) is 47.8 Å². The smallest absolute Gasteiger partial charge is 0.382 e. The quantitative estimate of drug-likeness (QED) is 0.174. The lowest BCUT2D eigenvalue weighted by Gasteiger charge is -2.28. The molecule has 0 spiro atoms. The fraction of sp³-hybridized carbons (Fsp3) is 0.524. The largest absolute Gasteiger partial charge is 0.386 e. The Balaban J connectivity index is 1.27. The number of nitrogen functional groups attached to an aromatic ring is 1. The Kier molecular flexibility index (Phi) is 8.83. The molecule has 45 heavy (non-hydrogen) atoms. The van der Waals surface area contributed by atoms with Gasteiger partial charge in [0.05, 0.1) is 25.9 Å². The first-order chi connectivity index (χ1) is 21.3. The maximum Gasteiger partial charge on any atom is 0.386 e. The number of halogens is 2. The Labute approximate surface area is 262 Å². The number of carbonyl (C=O) groups is 1. The number of nitrogens with one attached hydrogen (secondary N) is 1. The van der Waals surface area contributed by atoms with E-state index in [0.29, 0.717) is 0 Å². The zero-order valence-corrected chi connectivity index (χ0v) is 26.5. The maximum atomic E-state index is 16.0. The number of ether oxygens (including phenoxy) is 2. The third-order valence-corrected chi connectivity index (χ3v) is 10.4. The molecule has 0 bridgehead atoms. The number of fused-ring (bicyclic) bond motifs is 3. The summed E-state index contributed by atoms with van der Waals surface area (Å²) in [7, 11) is 1.36. The second-order valence-electron chi connectivity index (χ2n) is 9.83. The molecule has 0 radical (unpaired) electrons. The van der Waals surface area contributed by atoms with Crippen molar-refractivity contribution >= 4 is 73.5 Å². The average molecular weight is 712 g/mol. The maximum absolute atomic E-state index is 16.0. The average Bonchev–Trinajstić information content (AvgIpc) is 3.75. The molecule has 6 rings (SSSR count). The van der Waals surface area contributed by atoms with E-state index in [-0.39, 0.29) is 28.5 Å². The number of aliphatic imine (C=N–C) groups is 1. The molecule has 3 aromatic heterocycles. The van der Waals surface area contributed by atoms with Gasteiger partial charge in [0.2, 0.25) is 0 Å². The molecule has 0 aliphatic carbocycles. The van der Waals surface area contributed by atoms with Crippen LogP contribution in [0.2, 0.25) is 0 Å². The van der Waals surface area contributed by atoms with Crippen molar-refractivity contribution in [2.24, 2.45) is 4.99 Å². The highest BCUT2D eigenvalue weighted by Gasteiger charge is 2.54. The van der Waals surface area contributed by atoms with Crippen LogP contribution >= 0.6 is 38.1 Å². The van der Waals surface area contributed by atoms with Crippen LogP contribution in [-0.4, -0.2) is 98.7 Å². The molecule has 24 heteroatoms. The van der Waals surface area contributed by atoms with Crippen molar-refractivity contribution in [1.29, 1.82) is 0 Å². The molecule has 3 N–H and O–H groups in total. The number of thiol groups is 2. The van der Waals surface area contributed by atoms with Gasteiger partial charge in [-0.3, -0.25) is 32.0 Å². The highest BCUT2D eigenvalue weighted by Crippen LogP contribution is 2.60. The van der Waals surface area contributed by atoms with Crippen molar-refractivity contribution in [3.05, 3.63) is 24.7 Å². The van der Waals surface area contributed by atoms with Crippen LogP contribution in [0.4, 0.5) is 20.4 Å². The second-order valence-corrected chi connectivity index (χ2v) is 15.6. The van der Waals surface area contributed by atoms with E-state index in [1.165, 1.54) is 17.9 Å². The minimum absolute atomic E-state index is 0.0396. The molecular weight excluding hydrogens is 686 g/mol. The van der Waals surface area contributed by atoms with Gasteiger partial charge in [-0.1, -0.05) is 24.5 Å². The van der Waals surface area contributed by atoms with E-state index in [9.17, 15) is 13.9 Å². The molecular formula is C21H25F2N9O9P2S2. The highest BCUT2D eigenvalue weighted by atomic mass is 32.7. The fourth-order valence-electron chi connectivity index (χ4n) is 5.09. The summed E-state index contributed by atoms with van der Waals surface area (Å²) < 4.78 is 94.2. The Morgan fingerprint density at radius 1 is 1.00 bits per heavy atom. The number of alkyl halides is 2. The van der Waals surface area contributed by atoms with E-state index in [1.807, 2.05) is 0 Å². The van der Waals surface area contributed by atoms with E-state index < -0.39 is 81.9 Å². The Bertz CT molecular complexity index is 1740. The molecule has 0 saturated carbocycles. The number of rotatable bonds is 4. The summed E-state index contributed by atoms with van der Waals surface area (Å²) in [5.74, 6) is -0.725. The van der Waals surface area contributed by atoms with Crippen LogP contribution in [0, 0.1) is 0 Å². The van der Waals surface area contributed by atoms with E-state index in [0.717, 1.165) is 17.2 Å². The monoisotopic (exact) mass is 711 g/mol. The van der Waals surface area contributed by atoms with E-state index in [4.69, 9.17) is 33.3 Å². The Morgan fingerprint density at radius 3 is 2.11 bits per heavy atom. The number of imidazole rings is 2. The molecule has 3 aliphatic rings. The molecule has 18 nitrogen and oxygen atoms in total. The van der Waals surface area contributed by atoms with E-state index in [2.05, 4.69) is 61.5 Å². The van der Waals surface area contributed by atoms with Gasteiger partial charge in [0, 0.05) is 7.05 Å². The lowest BCUT2D eigenvalue weighted by molar-refractivity contribution is -0.0547. The lowest BCUT2D eigenvalue weighted by Crippen LogP contribution is -2.36. The zero-order chi connectivity index (χ0) is 32.3. The van der Waals surface area contributed by atoms with Crippen LogP contribution in [0.15, 0.2) is 24.0 Å². The van der Waals surface area contributed by atoms with Gasteiger partial charge < -0.3 is 20.5 Å². The number of aromatic nitrogens is 6. The van der Waals surface area contributed by atoms with Crippen LogP contribution in [0.5, 0.6) is 0 Å². The first-order valence-electron chi connectivity index (χ1n) is 12.9. The van der Waals surface area contributed by atoms with Gasteiger partial charge in [-0.2, -0.15) is 0 Å². The predicted octanol–water partition coefficient (Wildman–Crippen LogP) is 2.36. The number of carbonyl (C=O) groups excluding carboxylic acids is 1. The van der Waals surface area contributed by atoms with Crippen molar-refractivity contribution in [3.63, 3.8) is 0 Å². The number of anilines is 1. The molecule has 3 fully saturated rings. The molecule has 10 atom stereocenters. The Hall–Kier alpha value is -2.52. The predicted molar refractivity (Wildman–Crippen MR) is 157 cm³/mol. The van der Waals surface area contributed by atoms with Gasteiger partial charge in [0.1, 0.15) is 36.3 Å². The van der Waals surface area contributed by atoms with Crippen molar-refractivity contribution in [3.8, 4) is 0 Å². The standard InChI is InChI=1S/C21H25F2N9O9P2S2/c1-25-17-13(19(33)26-2)30-7-31(17)20-10(22)14-8(38-20)3-36-43(35,45)41-15-9(4-37-42(34,44)40-14)39-21(11(15)23)32-6-29-12-16(24)27-5-28-18(12)32/h5-11,14-15,20-21H,1,3-4H2,2H3,(H,26,33)(H,34,44)(H,35,45)(H2,24,27,28)/t8?,9?,10-,11-,14-,15-,20?,21?,42?,43?/m1/s1. The molecule has 0 aromatic carbocycles. The third kappa shape index (κ3) is 6.04. The summed E-state index contributed by atoms with van der Waals surface area (Å²) in [4.78, 5) is 31.9. The number of hydrogen-bond donors (Lipinski definition) is 4. The topological polar surface area (TPSA) is 218 Å². The van der Waals surface area contributed by atoms with Gasteiger partial charge in [-0.15, -0.1) is 0 Å². The van der Waals surface area contributed by atoms with Crippen molar-refractivity contribution in [1.82, 2.24) is 34.4 Å². The molecule has 6 heterocycles. The normalized spacial score (nSPS) is 37.4. The number of hydrogen-bond acceptors (Lipinski definition) is 15. The highest BCUT2D eigenvalue weighted by molar-refractivity contribution is 8.44. The lowest BCUT2D eigenvalue weighted by atomic mass is 10.1. The first kappa shape index (κ1) is 32.4. The van der Waals surface area contributed by atoms with Crippen molar-refractivity contribution in [2.45, 2.75) is 49.2 Å². The van der Waals surface area contributed by atoms with Crippen molar-refractivity contribution in [2.75, 3.05) is 26.0 Å². The van der Waals surface area contributed by atoms with Crippen molar-refractivity contribution < 1.29 is 50.3 Å². The number of nitrogens with zero attached hydrogens (tertiary/aromatic N) is 7. The van der Waals surface area contributed by atoms with Crippen LogP contribution in [0.3, 0.4) is 0 Å². The van der Waals surface area contributed by atoms with Crippen LogP contribution < -0.4 is 11.1 Å². The molecule has 3 saturated heterocycles. The van der Waals surface area contributed by atoms with E-state index >= 15 is 8.78 Å². The van der Waals surface area contributed by atoms with Crippen LogP contribution in [0.25, 0.3) is 11.2 Å². The number of amides is 1. The summed E-state index contributed by atoms with van der Waals surface area (Å²) in [6.45, 7) is -6.85. The summed E-state index contributed by atoms with van der Waals surface area (Å²) in [6.07, 6.45) is -9.88. The minimum Gasteiger partial charge on any atom is -0.382 e. The van der Waals surface area contributed by atoms with Gasteiger partial charge in [0.25, 0.3) is 5.91 Å². The van der Waals surface area contributed by atoms with E-state index in [1.54, 1.807) is 0 Å². The third-order valence-electron chi connectivity index (χ3n) is 7.14. The summed E-state index contributed by atoms with van der Waals surface area (Å²) in [6, 6.07) is 0. The Morgan fingerprint density at radius 2 is 1.56 bits per heavy atom. The molecule has 244 valence electrons. The summed E-state index contributed by atoms with van der Waals surface area (Å²) in [5.41, 5.74) is 5.96. The number of nitrogens with two attached hydrogens (primary N) is 1. The van der Waals surface area contributed by atoms with Gasteiger partial charge >= 0.3 is 13.6 Å². The first-order valence-corrected chi connectivity index (χ1v) is 18.3. The molecule has 6 unspecified atom stereocenters. The minimum atomic E-state index is -4.43. The SMILES string of the molecule is C=Nc1c(C(=O)NC)ncn1C1OC2COP(=O)(S)O[C@@H]3C(COP(=O)(S)O[C@H]2[C@H]1F)OC(n1cnc2c(N)ncnc21)[C@@H]3F. The van der Waals surface area contributed by atoms with Gasteiger partial charge in [-0.25, -0.2) is 42.8 Å². The van der Waals surface area contributed by atoms with Crippen LogP contribution in [0.1, 0.15) is 22.9 Å². The van der Waals surface area contributed by atoms with Crippen LogP contribution in [-0.2, 0) is 36.7 Å².